The molecule has 0 aromatic rings. The summed E-state index contributed by atoms with van der Waals surface area (Å²) in [5.74, 6) is -1.04. The van der Waals surface area contributed by atoms with Crippen LogP contribution in [0.2, 0.25) is 0 Å². The van der Waals surface area contributed by atoms with Crippen LogP contribution in [0.15, 0.2) is 0 Å². The Bertz CT molecular complexity index is 309. The lowest BCUT2D eigenvalue weighted by Gasteiger charge is -2.40. The Morgan fingerprint density at radius 3 is 2.61 bits per heavy atom. The predicted molar refractivity (Wildman–Crippen MR) is 68.1 cm³/mol. The Balaban J connectivity index is 2.45. The number of carbonyl (C=O) groups is 2. The molecule has 104 valence electrons. The number of hydrogen-bond donors (Lipinski definition) is 2. The molecule has 1 saturated heterocycles. The number of likely N-dealkylation sites (N-methyl/N-ethyl adjacent to an activating group) is 1. The Morgan fingerprint density at radius 1 is 1.44 bits per heavy atom. The smallest absolute Gasteiger partial charge is 0.303 e. The van der Waals surface area contributed by atoms with Crippen LogP contribution in [-0.4, -0.2) is 65.0 Å². The summed E-state index contributed by atoms with van der Waals surface area (Å²) >= 11 is 0. The number of carboxylic acid groups (broad SMARTS) is 1. The number of carboxylic acids is 1. The van der Waals surface area contributed by atoms with Gasteiger partial charge in [0, 0.05) is 32.1 Å². The van der Waals surface area contributed by atoms with Crippen molar-refractivity contribution >= 4 is 11.9 Å². The first kappa shape index (κ1) is 14.9. The maximum Gasteiger partial charge on any atom is 0.303 e. The minimum Gasteiger partial charge on any atom is -0.481 e. The van der Waals surface area contributed by atoms with E-state index in [1.165, 1.54) is 0 Å². The van der Waals surface area contributed by atoms with Gasteiger partial charge in [0.05, 0.1) is 6.04 Å². The SMILES string of the molecule is CCN1CCN(C(=O)C(N)CCC(=O)O)CC1C. The Hall–Kier alpha value is -1.14. The van der Waals surface area contributed by atoms with Crippen LogP contribution < -0.4 is 5.73 Å². The number of carbonyl (C=O) groups excluding carboxylic acids is 1. The van der Waals surface area contributed by atoms with Gasteiger partial charge in [-0.3, -0.25) is 14.5 Å². The Labute approximate surface area is 108 Å². The maximum absolute atomic E-state index is 12.0. The average Bonchev–Trinajstić information content (AvgIpc) is 2.34. The van der Waals surface area contributed by atoms with E-state index in [1.807, 2.05) is 0 Å². The minimum absolute atomic E-state index is 0.0581. The van der Waals surface area contributed by atoms with Crippen molar-refractivity contribution in [3.05, 3.63) is 0 Å². The van der Waals surface area contributed by atoms with Crippen LogP contribution in [0.1, 0.15) is 26.7 Å². The van der Waals surface area contributed by atoms with E-state index in [0.29, 0.717) is 19.1 Å². The number of hydrogen-bond acceptors (Lipinski definition) is 4. The number of piperazine rings is 1. The topological polar surface area (TPSA) is 86.9 Å². The summed E-state index contributed by atoms with van der Waals surface area (Å²) in [5, 5.41) is 8.58. The highest BCUT2D eigenvalue weighted by Crippen LogP contribution is 2.11. The van der Waals surface area contributed by atoms with Crippen molar-refractivity contribution < 1.29 is 14.7 Å². The summed E-state index contributed by atoms with van der Waals surface area (Å²) in [7, 11) is 0. The van der Waals surface area contributed by atoms with Crippen molar-refractivity contribution in [3.63, 3.8) is 0 Å². The zero-order valence-electron chi connectivity index (χ0n) is 11.1. The van der Waals surface area contributed by atoms with E-state index in [9.17, 15) is 9.59 Å². The van der Waals surface area contributed by atoms with Gasteiger partial charge in [0.25, 0.3) is 0 Å². The number of rotatable bonds is 5. The van der Waals surface area contributed by atoms with Crippen molar-refractivity contribution in [2.45, 2.75) is 38.8 Å². The van der Waals surface area contributed by atoms with Crippen LogP contribution in [-0.2, 0) is 9.59 Å². The molecule has 18 heavy (non-hydrogen) atoms. The molecular weight excluding hydrogens is 234 g/mol. The van der Waals surface area contributed by atoms with E-state index in [0.717, 1.165) is 13.1 Å². The van der Waals surface area contributed by atoms with E-state index in [2.05, 4.69) is 18.7 Å². The summed E-state index contributed by atoms with van der Waals surface area (Å²) in [5.41, 5.74) is 5.74. The first-order valence-corrected chi connectivity index (χ1v) is 6.46. The molecule has 0 aliphatic carbocycles. The second-order valence-corrected chi connectivity index (χ2v) is 4.80. The van der Waals surface area contributed by atoms with Gasteiger partial charge >= 0.3 is 5.97 Å². The van der Waals surface area contributed by atoms with E-state index in [-0.39, 0.29) is 18.7 Å². The molecule has 2 atom stereocenters. The molecule has 1 fully saturated rings. The molecule has 0 saturated carbocycles. The Kier molecular flexibility index (Phi) is 5.55. The third kappa shape index (κ3) is 3.96. The second kappa shape index (κ2) is 6.70. The number of aliphatic carboxylic acids is 1. The summed E-state index contributed by atoms with van der Waals surface area (Å²) in [6.07, 6.45) is 0.147. The van der Waals surface area contributed by atoms with E-state index in [1.54, 1.807) is 4.90 Å². The fourth-order valence-electron chi connectivity index (χ4n) is 2.30. The van der Waals surface area contributed by atoms with Gasteiger partial charge in [-0.1, -0.05) is 6.92 Å². The standard InChI is InChI=1S/C12H23N3O3/c1-3-14-6-7-15(8-9(14)2)12(18)10(13)4-5-11(16)17/h9-10H,3-8,13H2,1-2H3,(H,16,17). The van der Waals surface area contributed by atoms with Gasteiger partial charge in [-0.15, -0.1) is 0 Å². The fraction of sp³-hybridized carbons (Fsp3) is 0.833. The normalized spacial score (nSPS) is 22.8. The first-order chi connectivity index (χ1) is 8.45. The van der Waals surface area contributed by atoms with Crippen molar-refractivity contribution in [1.82, 2.24) is 9.80 Å². The predicted octanol–water partition coefficient (Wildman–Crippen LogP) is -0.269. The molecule has 2 unspecified atom stereocenters. The molecule has 0 aromatic carbocycles. The largest absolute Gasteiger partial charge is 0.481 e. The van der Waals surface area contributed by atoms with Crippen LogP contribution in [0.4, 0.5) is 0 Å². The lowest BCUT2D eigenvalue weighted by Crippen LogP contribution is -2.56. The molecule has 1 heterocycles. The minimum atomic E-state index is -0.914. The maximum atomic E-state index is 12.0. The lowest BCUT2D eigenvalue weighted by molar-refractivity contribution is -0.138. The van der Waals surface area contributed by atoms with E-state index >= 15 is 0 Å². The molecular formula is C12H23N3O3. The average molecular weight is 257 g/mol. The third-order valence-corrected chi connectivity index (χ3v) is 3.47. The van der Waals surface area contributed by atoms with Crippen LogP contribution >= 0.6 is 0 Å². The molecule has 6 nitrogen and oxygen atoms in total. The molecule has 1 aliphatic rings. The zero-order chi connectivity index (χ0) is 13.7. The Morgan fingerprint density at radius 2 is 2.11 bits per heavy atom. The molecule has 3 N–H and O–H groups in total. The lowest BCUT2D eigenvalue weighted by atomic mass is 10.1. The summed E-state index contributed by atoms with van der Waals surface area (Å²) in [6.45, 7) is 7.38. The highest BCUT2D eigenvalue weighted by molar-refractivity contribution is 5.82. The third-order valence-electron chi connectivity index (χ3n) is 3.47. The molecule has 6 heteroatoms. The van der Waals surface area contributed by atoms with Crippen LogP contribution in [0, 0.1) is 0 Å². The fourth-order valence-corrected chi connectivity index (χ4v) is 2.30. The van der Waals surface area contributed by atoms with Crippen LogP contribution in [0.5, 0.6) is 0 Å². The highest BCUT2D eigenvalue weighted by atomic mass is 16.4. The molecule has 0 aromatic heterocycles. The van der Waals surface area contributed by atoms with Gasteiger partial charge in [0.2, 0.25) is 5.91 Å². The summed E-state index contributed by atoms with van der Waals surface area (Å²) in [4.78, 5) is 26.6. The molecule has 1 amide bonds. The van der Waals surface area contributed by atoms with E-state index < -0.39 is 12.0 Å². The van der Waals surface area contributed by atoms with Gasteiger partial charge in [0.15, 0.2) is 0 Å². The van der Waals surface area contributed by atoms with Crippen molar-refractivity contribution in [3.8, 4) is 0 Å². The first-order valence-electron chi connectivity index (χ1n) is 6.46. The number of amides is 1. The molecule has 1 aliphatic heterocycles. The monoisotopic (exact) mass is 257 g/mol. The molecule has 0 spiro atoms. The van der Waals surface area contributed by atoms with Gasteiger partial charge in [0.1, 0.15) is 0 Å². The van der Waals surface area contributed by atoms with Gasteiger partial charge in [-0.25, -0.2) is 0 Å². The molecule has 0 bridgehead atoms. The van der Waals surface area contributed by atoms with Crippen molar-refractivity contribution in [2.75, 3.05) is 26.2 Å². The quantitative estimate of drug-likeness (QED) is 0.708. The zero-order valence-corrected chi connectivity index (χ0v) is 11.1. The summed E-state index contributed by atoms with van der Waals surface area (Å²) in [6, 6.07) is -0.360. The highest BCUT2D eigenvalue weighted by Gasteiger charge is 2.28. The van der Waals surface area contributed by atoms with Gasteiger partial charge in [-0.2, -0.15) is 0 Å². The van der Waals surface area contributed by atoms with Crippen LogP contribution in [0.3, 0.4) is 0 Å². The molecule has 1 rings (SSSR count). The van der Waals surface area contributed by atoms with Crippen LogP contribution in [0.25, 0.3) is 0 Å². The van der Waals surface area contributed by atoms with Crippen molar-refractivity contribution in [1.29, 1.82) is 0 Å². The van der Waals surface area contributed by atoms with Crippen molar-refractivity contribution in [2.24, 2.45) is 5.73 Å². The van der Waals surface area contributed by atoms with Gasteiger partial charge in [-0.05, 0) is 19.9 Å². The van der Waals surface area contributed by atoms with E-state index in [4.69, 9.17) is 10.8 Å². The second-order valence-electron chi connectivity index (χ2n) is 4.80. The molecule has 0 radical (unpaired) electrons. The number of nitrogens with two attached hydrogens (primary N) is 1. The van der Waals surface area contributed by atoms with Gasteiger partial charge < -0.3 is 15.7 Å². The summed E-state index contributed by atoms with van der Waals surface area (Å²) < 4.78 is 0. The number of nitrogens with zero attached hydrogens (tertiary/aromatic N) is 2.